The summed E-state index contributed by atoms with van der Waals surface area (Å²) in [6.07, 6.45) is 3.10. The number of nitrogens with one attached hydrogen (secondary N) is 1. The molecule has 1 unspecified atom stereocenters. The van der Waals surface area contributed by atoms with Crippen LogP contribution in [0.25, 0.3) is 0 Å². The first-order valence-electron chi connectivity index (χ1n) is 6.18. The minimum absolute atomic E-state index is 0.129. The maximum atomic E-state index is 12.1. The maximum absolute atomic E-state index is 12.1. The topological polar surface area (TPSA) is 116 Å². The molecule has 8 heteroatoms. The number of rotatable bonds is 4. The molecule has 0 radical (unpaired) electrons. The van der Waals surface area contributed by atoms with Crippen LogP contribution in [0.3, 0.4) is 0 Å². The fourth-order valence-electron chi connectivity index (χ4n) is 1.87. The van der Waals surface area contributed by atoms with E-state index in [0.29, 0.717) is 5.56 Å². The van der Waals surface area contributed by atoms with Gasteiger partial charge in [0.1, 0.15) is 11.7 Å². The van der Waals surface area contributed by atoms with Crippen LogP contribution >= 0.6 is 0 Å². The second-order valence-corrected chi connectivity index (χ2v) is 4.69. The number of carbonyl (C=O) groups is 1. The van der Waals surface area contributed by atoms with Crippen LogP contribution in [0, 0.1) is 17.0 Å². The molecule has 0 aliphatic heterocycles. The predicted octanol–water partition coefficient (Wildman–Crippen LogP) is 1.28. The van der Waals surface area contributed by atoms with Crippen LogP contribution in [0.2, 0.25) is 0 Å². The number of nitrogens with two attached hydrogens (primary N) is 1. The average molecular weight is 289 g/mol. The smallest absolute Gasteiger partial charge is 0.292 e. The summed E-state index contributed by atoms with van der Waals surface area (Å²) in [6, 6.07) is 3.54. The molecular formula is C13H15N5O3. The number of nitro benzene ring substituents is 1. The van der Waals surface area contributed by atoms with Gasteiger partial charge in [-0.2, -0.15) is 5.10 Å². The van der Waals surface area contributed by atoms with Gasteiger partial charge in [0, 0.05) is 24.9 Å². The predicted molar refractivity (Wildman–Crippen MR) is 76.6 cm³/mol. The lowest BCUT2D eigenvalue weighted by Crippen LogP contribution is -2.27. The number of nitro groups is 1. The molecule has 1 atom stereocenters. The van der Waals surface area contributed by atoms with Crippen molar-refractivity contribution in [3.8, 4) is 0 Å². The average Bonchev–Trinajstić information content (AvgIpc) is 2.84. The first-order chi connectivity index (χ1) is 9.88. The SMILES string of the molecule is Cc1ccc([N+](=O)[O-])c(NC(=O)C(N)c2cnn(C)c2)c1. The van der Waals surface area contributed by atoms with Gasteiger partial charge in [-0.3, -0.25) is 19.6 Å². The zero-order chi connectivity index (χ0) is 15.6. The molecule has 1 heterocycles. The Labute approximate surface area is 120 Å². The van der Waals surface area contributed by atoms with Crippen LogP contribution in [0.15, 0.2) is 30.6 Å². The highest BCUT2D eigenvalue weighted by molar-refractivity contribution is 5.97. The van der Waals surface area contributed by atoms with Crippen molar-refractivity contribution in [1.82, 2.24) is 9.78 Å². The summed E-state index contributed by atoms with van der Waals surface area (Å²) in [6.45, 7) is 1.78. The van der Waals surface area contributed by atoms with Gasteiger partial charge in [0.2, 0.25) is 5.91 Å². The van der Waals surface area contributed by atoms with E-state index in [9.17, 15) is 14.9 Å². The Morgan fingerprint density at radius 2 is 2.24 bits per heavy atom. The van der Waals surface area contributed by atoms with Crippen molar-refractivity contribution in [2.24, 2.45) is 12.8 Å². The third-order valence-electron chi connectivity index (χ3n) is 2.97. The number of anilines is 1. The van der Waals surface area contributed by atoms with Crippen LogP contribution in [0.4, 0.5) is 11.4 Å². The number of benzene rings is 1. The fourth-order valence-corrected chi connectivity index (χ4v) is 1.87. The molecule has 8 nitrogen and oxygen atoms in total. The molecule has 3 N–H and O–H groups in total. The highest BCUT2D eigenvalue weighted by Gasteiger charge is 2.21. The molecule has 2 rings (SSSR count). The summed E-state index contributed by atoms with van der Waals surface area (Å²) in [5, 5.41) is 17.4. The molecule has 0 aliphatic rings. The summed E-state index contributed by atoms with van der Waals surface area (Å²) in [5.41, 5.74) is 7.11. The third-order valence-corrected chi connectivity index (χ3v) is 2.97. The lowest BCUT2D eigenvalue weighted by atomic mass is 10.1. The molecule has 1 aromatic carbocycles. The Morgan fingerprint density at radius 1 is 1.52 bits per heavy atom. The van der Waals surface area contributed by atoms with Crippen molar-refractivity contribution in [3.63, 3.8) is 0 Å². The largest absolute Gasteiger partial charge is 0.319 e. The van der Waals surface area contributed by atoms with Gasteiger partial charge in [0.05, 0.1) is 11.1 Å². The summed E-state index contributed by atoms with van der Waals surface area (Å²) >= 11 is 0. The minimum atomic E-state index is -0.946. The Balaban J connectivity index is 2.23. The van der Waals surface area contributed by atoms with E-state index in [1.165, 1.54) is 23.0 Å². The summed E-state index contributed by atoms with van der Waals surface area (Å²) < 4.78 is 1.53. The molecule has 0 fully saturated rings. The molecule has 0 aliphatic carbocycles. The zero-order valence-electron chi connectivity index (χ0n) is 11.6. The van der Waals surface area contributed by atoms with E-state index in [2.05, 4.69) is 10.4 Å². The van der Waals surface area contributed by atoms with Crippen molar-refractivity contribution in [2.45, 2.75) is 13.0 Å². The molecule has 1 aromatic heterocycles. The lowest BCUT2D eigenvalue weighted by molar-refractivity contribution is -0.383. The second-order valence-electron chi connectivity index (χ2n) is 4.69. The standard InChI is InChI=1S/C13H15N5O3/c1-8-3-4-11(18(20)21)10(5-8)16-13(19)12(14)9-6-15-17(2)7-9/h3-7,12H,14H2,1-2H3,(H,16,19). The molecule has 0 saturated heterocycles. The fraction of sp³-hybridized carbons (Fsp3) is 0.231. The van der Waals surface area contributed by atoms with Crippen molar-refractivity contribution >= 4 is 17.3 Å². The molecular weight excluding hydrogens is 274 g/mol. The van der Waals surface area contributed by atoms with Crippen LogP contribution in [0.5, 0.6) is 0 Å². The van der Waals surface area contributed by atoms with E-state index in [4.69, 9.17) is 5.73 Å². The number of hydrogen-bond acceptors (Lipinski definition) is 5. The summed E-state index contributed by atoms with van der Waals surface area (Å²) in [7, 11) is 1.71. The van der Waals surface area contributed by atoms with Gasteiger partial charge in [-0.15, -0.1) is 0 Å². The number of aryl methyl sites for hydroxylation is 2. The van der Waals surface area contributed by atoms with Gasteiger partial charge in [-0.1, -0.05) is 6.07 Å². The van der Waals surface area contributed by atoms with Gasteiger partial charge >= 0.3 is 0 Å². The Morgan fingerprint density at radius 3 is 2.81 bits per heavy atom. The summed E-state index contributed by atoms with van der Waals surface area (Å²) in [5.74, 6) is -0.531. The quantitative estimate of drug-likeness (QED) is 0.649. The van der Waals surface area contributed by atoms with E-state index >= 15 is 0 Å². The van der Waals surface area contributed by atoms with Gasteiger partial charge < -0.3 is 11.1 Å². The van der Waals surface area contributed by atoms with Crippen LogP contribution in [0.1, 0.15) is 17.2 Å². The number of carbonyl (C=O) groups excluding carboxylic acids is 1. The third kappa shape index (κ3) is 3.23. The molecule has 2 aromatic rings. The van der Waals surface area contributed by atoms with Gasteiger partial charge in [0.15, 0.2) is 0 Å². The highest BCUT2D eigenvalue weighted by Crippen LogP contribution is 2.26. The van der Waals surface area contributed by atoms with Gasteiger partial charge in [-0.05, 0) is 18.6 Å². The van der Waals surface area contributed by atoms with E-state index in [0.717, 1.165) is 5.56 Å². The first kappa shape index (κ1) is 14.7. The molecule has 0 bridgehead atoms. The Bertz CT molecular complexity index is 695. The number of amides is 1. The molecule has 110 valence electrons. The molecule has 0 spiro atoms. The van der Waals surface area contributed by atoms with Crippen molar-refractivity contribution in [1.29, 1.82) is 0 Å². The molecule has 1 amide bonds. The number of aromatic nitrogens is 2. The minimum Gasteiger partial charge on any atom is -0.319 e. The van der Waals surface area contributed by atoms with E-state index in [1.807, 2.05) is 0 Å². The number of nitrogens with zero attached hydrogens (tertiary/aromatic N) is 3. The zero-order valence-corrected chi connectivity index (χ0v) is 11.6. The second kappa shape index (κ2) is 5.71. The monoisotopic (exact) mass is 289 g/mol. The highest BCUT2D eigenvalue weighted by atomic mass is 16.6. The van der Waals surface area contributed by atoms with Crippen molar-refractivity contribution in [3.05, 3.63) is 51.8 Å². The van der Waals surface area contributed by atoms with E-state index < -0.39 is 16.9 Å². The van der Waals surface area contributed by atoms with Gasteiger partial charge in [-0.25, -0.2) is 0 Å². The van der Waals surface area contributed by atoms with Crippen LogP contribution < -0.4 is 11.1 Å². The van der Waals surface area contributed by atoms with Crippen molar-refractivity contribution < 1.29 is 9.72 Å². The van der Waals surface area contributed by atoms with Gasteiger partial charge in [0.25, 0.3) is 5.69 Å². The molecule has 21 heavy (non-hydrogen) atoms. The van der Waals surface area contributed by atoms with Crippen LogP contribution in [-0.2, 0) is 11.8 Å². The lowest BCUT2D eigenvalue weighted by Gasteiger charge is -2.11. The normalized spacial score (nSPS) is 12.0. The van der Waals surface area contributed by atoms with Crippen LogP contribution in [-0.4, -0.2) is 20.6 Å². The summed E-state index contributed by atoms with van der Waals surface area (Å²) in [4.78, 5) is 22.5. The van der Waals surface area contributed by atoms with Crippen molar-refractivity contribution in [2.75, 3.05) is 5.32 Å². The maximum Gasteiger partial charge on any atom is 0.292 e. The Kier molecular flexibility index (Phi) is 3.99. The van der Waals surface area contributed by atoms with E-state index in [1.54, 1.807) is 26.2 Å². The number of hydrogen-bond donors (Lipinski definition) is 2. The Hall–Kier alpha value is -2.74. The van der Waals surface area contributed by atoms with E-state index in [-0.39, 0.29) is 11.4 Å². The first-order valence-corrected chi connectivity index (χ1v) is 6.18. The molecule has 0 saturated carbocycles.